The number of hydrogen-bond acceptors (Lipinski definition) is 8. The molecule has 4 rings (SSSR count). The van der Waals surface area contributed by atoms with Crippen LogP contribution in [0.1, 0.15) is 21.6 Å². The Bertz CT molecular complexity index is 1510. The summed E-state index contributed by atoms with van der Waals surface area (Å²) < 4.78 is 7.97. The standard InChI is InChI=1S/C23H19ClN6O5/c1-13-11-16(7-9-18(13)35-19-10-8-17(20(31)32)27-28-19)25-21-26-22(33)29(2)23(34)30(21)12-14-3-5-15(24)6-4-14/h3-11H,12H2,1-2H3,(H,31,32)(H,25,26,33). The molecule has 0 radical (unpaired) electrons. The number of nitrogens with zero attached hydrogens (tertiary/aromatic N) is 5. The van der Waals surface area contributed by atoms with Gasteiger partial charge >= 0.3 is 17.3 Å². The van der Waals surface area contributed by atoms with Crippen LogP contribution >= 0.6 is 11.6 Å². The summed E-state index contributed by atoms with van der Waals surface area (Å²) in [6, 6.07) is 14.8. The molecule has 0 aliphatic rings. The summed E-state index contributed by atoms with van der Waals surface area (Å²) in [4.78, 5) is 39.9. The molecule has 0 atom stereocenters. The van der Waals surface area contributed by atoms with E-state index in [0.29, 0.717) is 22.0 Å². The summed E-state index contributed by atoms with van der Waals surface area (Å²) in [5.74, 6) is -0.516. The second-order valence-electron chi connectivity index (χ2n) is 7.54. The topological polar surface area (TPSA) is 141 Å². The molecule has 11 nitrogen and oxygen atoms in total. The number of aromatic carboxylic acids is 1. The van der Waals surface area contributed by atoms with Crippen LogP contribution in [0, 0.1) is 6.92 Å². The summed E-state index contributed by atoms with van der Waals surface area (Å²) in [6.07, 6.45) is 0. The molecular formula is C23H19ClN6O5. The molecule has 2 heterocycles. The van der Waals surface area contributed by atoms with E-state index < -0.39 is 17.3 Å². The zero-order valence-electron chi connectivity index (χ0n) is 18.6. The van der Waals surface area contributed by atoms with Gasteiger partial charge in [0.15, 0.2) is 5.69 Å². The number of anilines is 2. The number of carbonyl (C=O) groups is 1. The Labute approximate surface area is 203 Å². The highest BCUT2D eigenvalue weighted by atomic mass is 35.5. The van der Waals surface area contributed by atoms with Crippen molar-refractivity contribution in [2.24, 2.45) is 7.05 Å². The van der Waals surface area contributed by atoms with Crippen molar-refractivity contribution in [3.05, 3.63) is 97.4 Å². The van der Waals surface area contributed by atoms with Crippen molar-refractivity contribution in [1.29, 1.82) is 0 Å². The van der Waals surface area contributed by atoms with Crippen LogP contribution in [0.2, 0.25) is 5.02 Å². The van der Waals surface area contributed by atoms with Crippen LogP contribution in [0.25, 0.3) is 0 Å². The van der Waals surface area contributed by atoms with Gasteiger partial charge in [0.25, 0.3) is 0 Å². The van der Waals surface area contributed by atoms with Gasteiger partial charge in [-0.2, -0.15) is 4.98 Å². The van der Waals surface area contributed by atoms with Crippen LogP contribution in [0.5, 0.6) is 11.6 Å². The zero-order chi connectivity index (χ0) is 25.1. The maximum atomic E-state index is 12.8. The molecule has 4 aromatic rings. The number of aryl methyl sites for hydroxylation is 1. The highest BCUT2D eigenvalue weighted by molar-refractivity contribution is 6.30. The van der Waals surface area contributed by atoms with Crippen LogP contribution in [0.4, 0.5) is 11.6 Å². The molecule has 2 aromatic carbocycles. The largest absolute Gasteiger partial charge is 0.476 e. The molecule has 0 bridgehead atoms. The molecule has 2 N–H and O–H groups in total. The van der Waals surface area contributed by atoms with E-state index in [1.54, 1.807) is 49.4 Å². The van der Waals surface area contributed by atoms with E-state index in [9.17, 15) is 14.4 Å². The van der Waals surface area contributed by atoms with E-state index in [1.807, 2.05) is 0 Å². The minimum atomic E-state index is -1.19. The number of benzene rings is 2. The molecule has 0 spiro atoms. The molecule has 0 saturated heterocycles. The fourth-order valence-electron chi connectivity index (χ4n) is 3.16. The van der Waals surface area contributed by atoms with Crippen LogP contribution in [0.15, 0.2) is 64.2 Å². The third-order valence-electron chi connectivity index (χ3n) is 5.02. The quantitative estimate of drug-likeness (QED) is 0.396. The second kappa shape index (κ2) is 9.77. The third-order valence-corrected chi connectivity index (χ3v) is 5.27. The number of hydrogen-bond donors (Lipinski definition) is 2. The number of rotatable bonds is 7. The highest BCUT2D eigenvalue weighted by Crippen LogP contribution is 2.27. The molecule has 12 heteroatoms. The average Bonchev–Trinajstić information content (AvgIpc) is 2.83. The van der Waals surface area contributed by atoms with Crippen molar-refractivity contribution in [3.8, 4) is 11.6 Å². The SMILES string of the molecule is Cc1cc(Nc2nc(=O)n(C)c(=O)n2Cc2ccc(Cl)cc2)ccc1Oc1ccc(C(=O)O)nn1. The summed E-state index contributed by atoms with van der Waals surface area (Å²) >= 11 is 5.95. The molecule has 0 aliphatic heterocycles. The lowest BCUT2D eigenvalue weighted by Gasteiger charge is -2.15. The van der Waals surface area contributed by atoms with Crippen molar-refractivity contribution in [2.45, 2.75) is 13.5 Å². The first-order valence-corrected chi connectivity index (χ1v) is 10.6. The van der Waals surface area contributed by atoms with Gasteiger partial charge in [-0.05, 0) is 54.4 Å². The Hall–Kier alpha value is -4.51. The van der Waals surface area contributed by atoms with Gasteiger partial charge in [0, 0.05) is 23.8 Å². The first-order valence-electron chi connectivity index (χ1n) is 10.3. The van der Waals surface area contributed by atoms with Crippen molar-refractivity contribution in [2.75, 3.05) is 5.32 Å². The molecule has 178 valence electrons. The summed E-state index contributed by atoms with van der Waals surface area (Å²) in [5.41, 5.74) is 0.656. The third kappa shape index (κ3) is 5.36. The lowest BCUT2D eigenvalue weighted by atomic mass is 10.2. The molecule has 0 aliphatic carbocycles. The van der Waals surface area contributed by atoms with Crippen LogP contribution in [-0.4, -0.2) is 35.4 Å². The normalized spacial score (nSPS) is 10.7. The first-order chi connectivity index (χ1) is 16.7. The summed E-state index contributed by atoms with van der Waals surface area (Å²) in [5, 5.41) is 19.9. The maximum absolute atomic E-state index is 12.8. The predicted molar refractivity (Wildman–Crippen MR) is 128 cm³/mol. The second-order valence-corrected chi connectivity index (χ2v) is 7.98. The zero-order valence-corrected chi connectivity index (χ0v) is 19.4. The number of carboxylic acid groups (broad SMARTS) is 1. The Balaban J connectivity index is 1.60. The lowest BCUT2D eigenvalue weighted by Crippen LogP contribution is -2.41. The number of halogens is 1. The van der Waals surface area contributed by atoms with E-state index in [2.05, 4.69) is 20.5 Å². The minimum Gasteiger partial charge on any atom is -0.476 e. The van der Waals surface area contributed by atoms with Gasteiger partial charge in [0.2, 0.25) is 11.8 Å². The van der Waals surface area contributed by atoms with Gasteiger partial charge in [-0.3, -0.25) is 4.57 Å². The van der Waals surface area contributed by atoms with Gasteiger partial charge < -0.3 is 15.2 Å². The van der Waals surface area contributed by atoms with Gasteiger partial charge in [-0.25, -0.2) is 19.0 Å². The number of carboxylic acids is 1. The maximum Gasteiger partial charge on any atom is 0.356 e. The van der Waals surface area contributed by atoms with Crippen LogP contribution in [0.3, 0.4) is 0 Å². The Morgan fingerprint density at radius 3 is 2.46 bits per heavy atom. The van der Waals surface area contributed by atoms with E-state index in [-0.39, 0.29) is 24.1 Å². The Kier molecular flexibility index (Phi) is 6.60. The monoisotopic (exact) mass is 494 g/mol. The van der Waals surface area contributed by atoms with Gasteiger partial charge in [0.05, 0.1) is 6.54 Å². The molecule has 35 heavy (non-hydrogen) atoms. The molecule has 0 saturated carbocycles. The molecule has 2 aromatic heterocycles. The van der Waals surface area contributed by atoms with E-state index in [4.69, 9.17) is 21.4 Å². The highest BCUT2D eigenvalue weighted by Gasteiger charge is 2.13. The van der Waals surface area contributed by atoms with Gasteiger partial charge in [0.1, 0.15) is 5.75 Å². The van der Waals surface area contributed by atoms with Gasteiger partial charge in [-0.1, -0.05) is 23.7 Å². The number of aromatic nitrogens is 5. The molecule has 0 amide bonds. The van der Waals surface area contributed by atoms with E-state index >= 15 is 0 Å². The minimum absolute atomic E-state index is 0.0799. The fourth-order valence-corrected chi connectivity index (χ4v) is 3.29. The van der Waals surface area contributed by atoms with Gasteiger partial charge in [-0.15, -0.1) is 10.2 Å². The van der Waals surface area contributed by atoms with E-state index in [1.165, 1.54) is 23.7 Å². The molecule has 0 unspecified atom stereocenters. The average molecular weight is 495 g/mol. The summed E-state index contributed by atoms with van der Waals surface area (Å²) in [6.45, 7) is 1.96. The first kappa shape index (κ1) is 23.6. The smallest absolute Gasteiger partial charge is 0.356 e. The predicted octanol–water partition coefficient (Wildman–Crippen LogP) is 2.98. The Morgan fingerprint density at radius 1 is 1.09 bits per heavy atom. The summed E-state index contributed by atoms with van der Waals surface area (Å²) in [7, 11) is 1.36. The lowest BCUT2D eigenvalue weighted by molar-refractivity contribution is 0.0689. The number of ether oxygens (including phenoxy) is 1. The fraction of sp³-hybridized carbons (Fsp3) is 0.130. The molecular weight excluding hydrogens is 476 g/mol. The van der Waals surface area contributed by atoms with Crippen LogP contribution < -0.4 is 21.4 Å². The number of nitrogens with one attached hydrogen (secondary N) is 1. The van der Waals surface area contributed by atoms with Crippen molar-refractivity contribution >= 4 is 29.2 Å². The van der Waals surface area contributed by atoms with Crippen molar-refractivity contribution in [3.63, 3.8) is 0 Å². The van der Waals surface area contributed by atoms with Crippen molar-refractivity contribution < 1.29 is 14.6 Å². The Morgan fingerprint density at radius 2 is 1.83 bits per heavy atom. The van der Waals surface area contributed by atoms with E-state index in [0.717, 1.165) is 10.1 Å². The van der Waals surface area contributed by atoms with Crippen LogP contribution in [-0.2, 0) is 13.6 Å². The van der Waals surface area contributed by atoms with Crippen molar-refractivity contribution in [1.82, 2.24) is 24.3 Å². The molecule has 0 fully saturated rings.